The minimum absolute atomic E-state index is 0.239. The normalized spacial score (nSPS) is 13.9. The second-order valence-corrected chi connectivity index (χ2v) is 4.53. The zero-order valence-corrected chi connectivity index (χ0v) is 11.1. The maximum Gasteiger partial charge on any atom is 0.316 e. The summed E-state index contributed by atoms with van der Waals surface area (Å²) in [6.07, 6.45) is 1.39. The first kappa shape index (κ1) is 14.5. The molecule has 1 aromatic rings. The number of nitrogen functional groups attached to an aromatic ring is 1. The Kier molecular flexibility index (Phi) is 5.16. The summed E-state index contributed by atoms with van der Waals surface area (Å²) < 4.78 is 5.18. The lowest BCUT2D eigenvalue weighted by Gasteiger charge is -2.28. The summed E-state index contributed by atoms with van der Waals surface area (Å²) in [6, 6.07) is 7.41. The molecule has 0 saturated heterocycles. The van der Waals surface area contributed by atoms with Gasteiger partial charge in [0.15, 0.2) is 0 Å². The van der Waals surface area contributed by atoms with Crippen molar-refractivity contribution in [2.24, 2.45) is 5.73 Å². The van der Waals surface area contributed by atoms with E-state index in [1.54, 1.807) is 13.0 Å². The Bertz CT molecular complexity index is 407. The molecule has 1 unspecified atom stereocenters. The van der Waals surface area contributed by atoms with Gasteiger partial charge in [0, 0.05) is 5.69 Å². The van der Waals surface area contributed by atoms with Crippen molar-refractivity contribution in [3.05, 3.63) is 29.8 Å². The van der Waals surface area contributed by atoms with E-state index >= 15 is 0 Å². The van der Waals surface area contributed by atoms with Gasteiger partial charge in [0.1, 0.15) is 0 Å². The summed E-state index contributed by atoms with van der Waals surface area (Å²) in [5, 5.41) is 0. The first-order chi connectivity index (χ1) is 8.56. The van der Waals surface area contributed by atoms with Crippen LogP contribution in [0.1, 0.15) is 32.3 Å². The Morgan fingerprint density at radius 3 is 2.61 bits per heavy atom. The monoisotopic (exact) mass is 250 g/mol. The van der Waals surface area contributed by atoms with E-state index in [0.717, 1.165) is 12.0 Å². The fraction of sp³-hybridized carbons (Fsp3) is 0.500. The Balaban J connectivity index is 3.11. The molecule has 0 radical (unpaired) electrons. The van der Waals surface area contributed by atoms with Crippen LogP contribution in [0.15, 0.2) is 24.3 Å². The van der Waals surface area contributed by atoms with Crippen LogP contribution in [0, 0.1) is 0 Å². The molecule has 0 aromatic heterocycles. The molecule has 0 aliphatic carbocycles. The number of hydrogen-bond acceptors (Lipinski definition) is 4. The number of benzene rings is 1. The number of carbonyl (C=O) groups excluding carboxylic acids is 1. The van der Waals surface area contributed by atoms with E-state index in [-0.39, 0.29) is 5.97 Å². The highest BCUT2D eigenvalue weighted by molar-refractivity contribution is 5.84. The van der Waals surface area contributed by atoms with Crippen LogP contribution in [-0.4, -0.2) is 19.1 Å². The third kappa shape index (κ3) is 3.01. The van der Waals surface area contributed by atoms with E-state index in [1.807, 2.05) is 25.1 Å². The molecular formula is C14H22N2O2. The molecule has 0 aliphatic heterocycles. The van der Waals surface area contributed by atoms with Crippen LogP contribution >= 0.6 is 0 Å². The third-order valence-electron chi connectivity index (χ3n) is 3.16. The van der Waals surface area contributed by atoms with Crippen molar-refractivity contribution >= 4 is 11.7 Å². The van der Waals surface area contributed by atoms with Crippen LogP contribution in [0.5, 0.6) is 0 Å². The van der Waals surface area contributed by atoms with Gasteiger partial charge in [-0.05, 0) is 44.9 Å². The second kappa shape index (κ2) is 6.40. The zero-order chi connectivity index (χ0) is 13.6. The number of anilines is 1. The van der Waals surface area contributed by atoms with Crippen LogP contribution in [0.4, 0.5) is 5.69 Å². The Labute approximate surface area is 108 Å². The van der Waals surface area contributed by atoms with E-state index in [2.05, 4.69) is 0 Å². The molecule has 0 spiro atoms. The molecule has 1 rings (SSSR count). The molecule has 0 amide bonds. The number of carbonyl (C=O) groups is 1. The lowest BCUT2D eigenvalue weighted by atomic mass is 9.77. The smallest absolute Gasteiger partial charge is 0.316 e. The fourth-order valence-electron chi connectivity index (χ4n) is 2.09. The zero-order valence-electron chi connectivity index (χ0n) is 11.1. The van der Waals surface area contributed by atoms with E-state index < -0.39 is 5.41 Å². The molecule has 1 aromatic carbocycles. The van der Waals surface area contributed by atoms with Crippen LogP contribution in [0.2, 0.25) is 0 Å². The molecule has 0 saturated carbocycles. The van der Waals surface area contributed by atoms with Crippen LogP contribution in [0.3, 0.4) is 0 Å². The third-order valence-corrected chi connectivity index (χ3v) is 3.16. The van der Waals surface area contributed by atoms with Gasteiger partial charge in [0.2, 0.25) is 0 Å². The summed E-state index contributed by atoms with van der Waals surface area (Å²) in [4.78, 5) is 12.2. The predicted octanol–water partition coefficient (Wildman–Crippen LogP) is 1.83. The molecular weight excluding hydrogens is 228 g/mol. The van der Waals surface area contributed by atoms with E-state index in [9.17, 15) is 4.79 Å². The van der Waals surface area contributed by atoms with Crippen molar-refractivity contribution in [3.63, 3.8) is 0 Å². The van der Waals surface area contributed by atoms with Crippen LogP contribution < -0.4 is 11.5 Å². The molecule has 4 nitrogen and oxygen atoms in total. The average molecular weight is 250 g/mol. The topological polar surface area (TPSA) is 78.3 Å². The van der Waals surface area contributed by atoms with Crippen molar-refractivity contribution in [1.29, 1.82) is 0 Å². The number of ether oxygens (including phenoxy) is 1. The molecule has 1 atom stereocenters. The van der Waals surface area contributed by atoms with Gasteiger partial charge in [-0.15, -0.1) is 0 Å². The van der Waals surface area contributed by atoms with Crippen molar-refractivity contribution in [3.8, 4) is 0 Å². The lowest BCUT2D eigenvalue weighted by Crippen LogP contribution is -2.35. The van der Waals surface area contributed by atoms with Gasteiger partial charge in [-0.2, -0.15) is 0 Å². The number of esters is 1. The van der Waals surface area contributed by atoms with Gasteiger partial charge in [-0.3, -0.25) is 4.79 Å². The molecule has 0 bridgehead atoms. The molecule has 0 aliphatic rings. The van der Waals surface area contributed by atoms with Gasteiger partial charge < -0.3 is 16.2 Å². The summed E-state index contributed by atoms with van der Waals surface area (Å²) >= 11 is 0. The summed E-state index contributed by atoms with van der Waals surface area (Å²) in [6.45, 7) is 4.58. The maximum absolute atomic E-state index is 12.2. The van der Waals surface area contributed by atoms with E-state index in [0.29, 0.717) is 25.3 Å². The summed E-state index contributed by atoms with van der Waals surface area (Å²) in [5.41, 5.74) is 12.2. The van der Waals surface area contributed by atoms with Crippen molar-refractivity contribution in [2.45, 2.75) is 32.1 Å². The van der Waals surface area contributed by atoms with Gasteiger partial charge in [-0.1, -0.05) is 18.2 Å². The van der Waals surface area contributed by atoms with Gasteiger partial charge in [0.05, 0.1) is 12.0 Å². The number of hydrogen-bond donors (Lipinski definition) is 2. The summed E-state index contributed by atoms with van der Waals surface area (Å²) in [7, 11) is 0. The minimum atomic E-state index is -0.722. The van der Waals surface area contributed by atoms with Crippen molar-refractivity contribution in [2.75, 3.05) is 18.9 Å². The highest BCUT2D eigenvalue weighted by Gasteiger charge is 2.37. The van der Waals surface area contributed by atoms with Crippen molar-refractivity contribution < 1.29 is 9.53 Å². The molecule has 100 valence electrons. The van der Waals surface area contributed by atoms with Gasteiger partial charge in [-0.25, -0.2) is 0 Å². The van der Waals surface area contributed by atoms with E-state index in [1.165, 1.54) is 0 Å². The SMILES string of the molecule is CCOC(=O)C(C)(CCCN)c1ccccc1N. The lowest BCUT2D eigenvalue weighted by molar-refractivity contribution is -0.149. The first-order valence-electron chi connectivity index (χ1n) is 6.28. The van der Waals surface area contributed by atoms with Gasteiger partial charge in [0.25, 0.3) is 0 Å². The average Bonchev–Trinajstić information content (AvgIpc) is 2.36. The molecule has 4 heteroatoms. The maximum atomic E-state index is 12.2. The number of para-hydroxylation sites is 1. The molecule has 4 N–H and O–H groups in total. The number of rotatable bonds is 6. The van der Waals surface area contributed by atoms with E-state index in [4.69, 9.17) is 16.2 Å². The number of nitrogens with two attached hydrogens (primary N) is 2. The fourth-order valence-corrected chi connectivity index (χ4v) is 2.09. The van der Waals surface area contributed by atoms with Crippen molar-refractivity contribution in [1.82, 2.24) is 0 Å². The van der Waals surface area contributed by atoms with Gasteiger partial charge >= 0.3 is 5.97 Å². The van der Waals surface area contributed by atoms with Crippen LogP contribution in [0.25, 0.3) is 0 Å². The van der Waals surface area contributed by atoms with Crippen LogP contribution in [-0.2, 0) is 14.9 Å². The molecule has 18 heavy (non-hydrogen) atoms. The first-order valence-corrected chi connectivity index (χ1v) is 6.28. The highest BCUT2D eigenvalue weighted by Crippen LogP contribution is 2.34. The Hall–Kier alpha value is -1.55. The quantitative estimate of drug-likeness (QED) is 0.596. The Morgan fingerprint density at radius 1 is 1.39 bits per heavy atom. The Morgan fingerprint density at radius 2 is 2.06 bits per heavy atom. The standard InChI is InChI=1S/C14H22N2O2/c1-3-18-13(17)14(2,9-6-10-15)11-7-4-5-8-12(11)16/h4-5,7-8H,3,6,9-10,15-16H2,1-2H3. The highest BCUT2D eigenvalue weighted by atomic mass is 16.5. The second-order valence-electron chi connectivity index (χ2n) is 4.53. The minimum Gasteiger partial charge on any atom is -0.465 e. The predicted molar refractivity (Wildman–Crippen MR) is 73.1 cm³/mol. The summed E-state index contributed by atoms with van der Waals surface area (Å²) in [5.74, 6) is -0.239. The molecule has 0 heterocycles. The largest absolute Gasteiger partial charge is 0.465 e. The molecule has 0 fully saturated rings.